The normalized spacial score (nSPS) is 27.1. The van der Waals surface area contributed by atoms with Gasteiger partial charge < -0.3 is 14.4 Å². The lowest BCUT2D eigenvalue weighted by molar-refractivity contribution is -0.150. The molecule has 1 saturated heterocycles. The Balaban J connectivity index is 1.31. The van der Waals surface area contributed by atoms with Gasteiger partial charge in [0.1, 0.15) is 11.9 Å². The Morgan fingerprint density at radius 2 is 1.81 bits per heavy atom. The average molecular weight is 733 g/mol. The van der Waals surface area contributed by atoms with Gasteiger partial charge in [0.05, 0.1) is 36.3 Å². The number of carbonyl (C=O) groups excluding carboxylic acids is 4. The van der Waals surface area contributed by atoms with Gasteiger partial charge in [0.25, 0.3) is 0 Å². The van der Waals surface area contributed by atoms with Crippen LogP contribution in [-0.4, -0.2) is 67.4 Å². The second-order valence-electron chi connectivity index (χ2n) is 15.1. The number of hydrogen-bond donors (Lipinski definition) is 1. The maximum atomic E-state index is 14.4. The number of unbranched alkanes of at least 4 members (excludes halogenated alkanes) is 1. The van der Waals surface area contributed by atoms with Gasteiger partial charge in [-0.1, -0.05) is 81.1 Å². The summed E-state index contributed by atoms with van der Waals surface area (Å²) in [6.07, 6.45) is 8.65. The van der Waals surface area contributed by atoms with E-state index in [1.54, 1.807) is 11.0 Å². The molecule has 3 fully saturated rings. The smallest absolute Gasteiger partial charge is 0.306 e. The predicted molar refractivity (Wildman–Crippen MR) is 198 cm³/mol. The first-order valence-electron chi connectivity index (χ1n) is 19.1. The molecule has 0 unspecified atom stereocenters. The molecule has 2 aliphatic carbocycles. The molecule has 2 amide bonds. The first-order chi connectivity index (χ1) is 25.0. The van der Waals surface area contributed by atoms with Crippen LogP contribution in [-0.2, 0) is 40.4 Å². The highest BCUT2D eigenvalue weighted by atomic mass is 32.2. The summed E-state index contributed by atoms with van der Waals surface area (Å²) in [5, 5.41) is -0.586. The summed E-state index contributed by atoms with van der Waals surface area (Å²) in [7, 11) is -3.82. The molecule has 0 spiro atoms. The minimum atomic E-state index is -3.82. The van der Waals surface area contributed by atoms with E-state index in [1.165, 1.54) is 0 Å². The maximum Gasteiger partial charge on any atom is 0.306 e. The van der Waals surface area contributed by atoms with Crippen LogP contribution < -0.4 is 9.46 Å². The van der Waals surface area contributed by atoms with E-state index in [2.05, 4.69) is 23.4 Å². The van der Waals surface area contributed by atoms with Gasteiger partial charge in [-0.25, -0.2) is 8.42 Å². The van der Waals surface area contributed by atoms with Crippen LogP contribution in [0.4, 0.5) is 0 Å². The van der Waals surface area contributed by atoms with Crippen LogP contribution in [0.3, 0.4) is 0 Å². The minimum absolute atomic E-state index is 0.0745. The van der Waals surface area contributed by atoms with Gasteiger partial charge >= 0.3 is 5.97 Å². The van der Waals surface area contributed by atoms with Crippen LogP contribution in [0.15, 0.2) is 61.2 Å². The molecule has 52 heavy (non-hydrogen) atoms. The highest BCUT2D eigenvalue weighted by molar-refractivity contribution is 7.90. The van der Waals surface area contributed by atoms with Crippen molar-refractivity contribution >= 4 is 33.6 Å². The lowest BCUT2D eigenvalue weighted by Gasteiger charge is -2.29. The van der Waals surface area contributed by atoms with Crippen molar-refractivity contribution < 1.29 is 37.1 Å². The number of carbonyl (C=O) groups is 4. The van der Waals surface area contributed by atoms with E-state index in [0.29, 0.717) is 38.0 Å². The number of amides is 2. The quantitative estimate of drug-likeness (QED) is 0.210. The summed E-state index contributed by atoms with van der Waals surface area (Å²) in [5.41, 5.74) is 1.84. The maximum absolute atomic E-state index is 14.4. The fourth-order valence-electron chi connectivity index (χ4n) is 7.82. The van der Waals surface area contributed by atoms with Gasteiger partial charge in [0.15, 0.2) is 5.78 Å². The number of ether oxygens (including phenoxy) is 2. The van der Waals surface area contributed by atoms with E-state index in [0.717, 1.165) is 61.6 Å². The number of allylic oxidation sites excluding steroid dienone is 1. The lowest BCUT2D eigenvalue weighted by atomic mass is 9.90. The fraction of sp³-hybridized carbons (Fsp3) is 0.561. The number of fused-ring (bicyclic) bond motifs is 3. The highest BCUT2D eigenvalue weighted by Crippen LogP contribution is 2.57. The Bertz CT molecular complexity index is 1760. The molecule has 11 heteroatoms. The summed E-state index contributed by atoms with van der Waals surface area (Å²) in [6, 6.07) is 15.3. The Kier molecular flexibility index (Phi) is 11.9. The van der Waals surface area contributed by atoms with E-state index in [-0.39, 0.29) is 43.4 Å². The van der Waals surface area contributed by atoms with E-state index in [9.17, 15) is 27.6 Å². The molecule has 2 aromatic carbocycles. The zero-order valence-corrected chi connectivity index (χ0v) is 31.0. The number of aryl methyl sites for hydroxylation is 1. The first kappa shape index (κ1) is 37.8. The first-order valence-corrected chi connectivity index (χ1v) is 20.6. The number of nitrogens with one attached hydrogen (secondary N) is 1. The summed E-state index contributed by atoms with van der Waals surface area (Å²) in [5.74, 6) is -2.06. The molecular weight excluding hydrogens is 681 g/mol. The van der Waals surface area contributed by atoms with Crippen molar-refractivity contribution in [1.82, 2.24) is 9.62 Å². The molecule has 0 radical (unpaired) electrons. The number of nitrogens with zero attached hydrogens (tertiary/aromatic N) is 1. The zero-order chi connectivity index (χ0) is 36.9. The number of rotatable bonds is 11. The SMILES string of the molecule is C=C[C@@H]1C[C@]1(CC(=O)[C@@H]1C[C@@H]2CN1C(=O)[C@H](CCCC)CC(=O)OCCCCCCc1ccc(-c3ccccc3)cc1O2)C(=O)NS(=O)(=O)C1CC1. The van der Waals surface area contributed by atoms with E-state index in [4.69, 9.17) is 9.47 Å². The molecule has 2 aromatic rings. The molecule has 2 bridgehead atoms. The zero-order valence-electron chi connectivity index (χ0n) is 30.2. The van der Waals surface area contributed by atoms with E-state index in [1.807, 2.05) is 43.3 Å². The third-order valence-electron chi connectivity index (χ3n) is 11.2. The summed E-state index contributed by atoms with van der Waals surface area (Å²) in [4.78, 5) is 56.9. The molecule has 2 heterocycles. The predicted octanol–water partition coefficient (Wildman–Crippen LogP) is 6.32. The molecule has 4 aliphatic rings. The van der Waals surface area contributed by atoms with Crippen LogP contribution in [0.25, 0.3) is 11.1 Å². The van der Waals surface area contributed by atoms with E-state index >= 15 is 0 Å². The van der Waals surface area contributed by atoms with Crippen LogP contribution >= 0.6 is 0 Å². The second kappa shape index (κ2) is 16.4. The average Bonchev–Trinajstić information content (AvgIpc) is 4.06. The summed E-state index contributed by atoms with van der Waals surface area (Å²) < 4.78 is 40.1. The van der Waals surface area contributed by atoms with Gasteiger partial charge in [-0.05, 0) is 73.6 Å². The number of hydrogen-bond acceptors (Lipinski definition) is 8. The largest absolute Gasteiger partial charge is 0.488 e. The van der Waals surface area contributed by atoms with E-state index < -0.39 is 50.6 Å². The Morgan fingerprint density at radius 1 is 1.04 bits per heavy atom. The molecular formula is C41H52N2O8S. The van der Waals surface area contributed by atoms with Gasteiger partial charge in [-0.15, -0.1) is 6.58 Å². The van der Waals surface area contributed by atoms with Gasteiger partial charge in [0, 0.05) is 18.8 Å². The second-order valence-corrected chi connectivity index (χ2v) is 17.1. The number of Topliss-reactive ketones (excluding diaryl/α,β-unsaturated/α-hetero) is 1. The number of esters is 1. The van der Waals surface area contributed by atoms with Crippen molar-refractivity contribution in [3.8, 4) is 16.9 Å². The molecule has 1 N–H and O–H groups in total. The fourth-order valence-corrected chi connectivity index (χ4v) is 9.20. The summed E-state index contributed by atoms with van der Waals surface area (Å²) in [6.45, 7) is 6.30. The molecule has 2 aliphatic heterocycles. The molecule has 0 aromatic heterocycles. The lowest BCUT2D eigenvalue weighted by Crippen LogP contribution is -2.46. The van der Waals surface area contributed by atoms with Crippen molar-refractivity contribution in [2.45, 2.75) is 114 Å². The monoisotopic (exact) mass is 732 g/mol. The molecule has 280 valence electrons. The van der Waals surface area contributed by atoms with Crippen molar-refractivity contribution in [2.24, 2.45) is 17.3 Å². The van der Waals surface area contributed by atoms with Crippen LogP contribution in [0.5, 0.6) is 5.75 Å². The Morgan fingerprint density at radius 3 is 2.52 bits per heavy atom. The standard InChI is InChI=1S/C41H52N2O8S/c1-3-5-13-31-23-38(45)50-21-12-7-6-9-16-29-17-18-30(28-14-10-8-11-15-28)22-37(29)51-33-24-35(43(27-33)39(31)46)36(44)26-41(25-32(41)4-2)40(47)42-52(48,49)34-19-20-34/h4,8,10-11,14-15,17-18,22,31-35H,2-3,5-7,9,12-13,16,19-21,23-27H2,1H3,(H,42,47)/t31-,32-,33-,35+,41-/m1/s1. The van der Waals surface area contributed by atoms with Crippen molar-refractivity contribution in [2.75, 3.05) is 13.2 Å². The molecule has 2 saturated carbocycles. The third kappa shape index (κ3) is 8.78. The van der Waals surface area contributed by atoms with Gasteiger partial charge in [0.2, 0.25) is 21.8 Å². The highest BCUT2D eigenvalue weighted by Gasteiger charge is 2.61. The number of ketones is 1. The van der Waals surface area contributed by atoms with Crippen molar-refractivity contribution in [3.63, 3.8) is 0 Å². The number of cyclic esters (lactones) is 1. The van der Waals surface area contributed by atoms with Crippen LogP contribution in [0.1, 0.15) is 96.0 Å². The van der Waals surface area contributed by atoms with Crippen molar-refractivity contribution in [3.05, 3.63) is 66.7 Å². The van der Waals surface area contributed by atoms with Crippen molar-refractivity contribution in [1.29, 1.82) is 0 Å². The molecule has 6 rings (SSSR count). The summed E-state index contributed by atoms with van der Waals surface area (Å²) >= 11 is 0. The topological polar surface area (TPSA) is 136 Å². The Hall–Kier alpha value is -3.99. The number of sulfonamides is 1. The Labute approximate surface area is 307 Å². The minimum Gasteiger partial charge on any atom is -0.488 e. The number of benzene rings is 2. The van der Waals surface area contributed by atoms with Gasteiger partial charge in [-0.3, -0.25) is 23.9 Å². The third-order valence-corrected chi connectivity index (χ3v) is 13.0. The molecule has 10 nitrogen and oxygen atoms in total. The van der Waals surface area contributed by atoms with Crippen LogP contribution in [0.2, 0.25) is 0 Å². The van der Waals surface area contributed by atoms with Crippen LogP contribution in [0, 0.1) is 17.3 Å². The molecule has 5 atom stereocenters. The van der Waals surface area contributed by atoms with Gasteiger partial charge in [-0.2, -0.15) is 0 Å².